The van der Waals surface area contributed by atoms with Gasteiger partial charge in [-0.05, 0) is 69.9 Å². The van der Waals surface area contributed by atoms with Crippen molar-refractivity contribution in [2.75, 3.05) is 4.90 Å². The predicted molar refractivity (Wildman–Crippen MR) is 215 cm³/mol. The summed E-state index contributed by atoms with van der Waals surface area (Å²) in [6.07, 6.45) is 0. The van der Waals surface area contributed by atoms with Gasteiger partial charge in [0.25, 0.3) is 0 Å². The van der Waals surface area contributed by atoms with Crippen LogP contribution in [0.15, 0.2) is 176 Å². The third-order valence-electron chi connectivity index (χ3n) is 9.64. The van der Waals surface area contributed by atoms with Gasteiger partial charge < -0.3 is 4.90 Å². The van der Waals surface area contributed by atoms with Crippen LogP contribution in [-0.2, 0) is 0 Å². The summed E-state index contributed by atoms with van der Waals surface area (Å²) < 4.78 is 5.20. The number of thiophene rings is 2. The van der Waals surface area contributed by atoms with Crippen LogP contribution in [0.2, 0.25) is 0 Å². The highest BCUT2D eigenvalue weighted by molar-refractivity contribution is 7.26. The van der Waals surface area contributed by atoms with Crippen molar-refractivity contribution in [2.24, 2.45) is 0 Å². The molecule has 0 saturated heterocycles. The minimum atomic E-state index is 1.14. The van der Waals surface area contributed by atoms with Gasteiger partial charge in [0, 0.05) is 52.6 Å². The Morgan fingerprint density at radius 1 is 0.347 bits per heavy atom. The van der Waals surface area contributed by atoms with E-state index < -0.39 is 0 Å². The van der Waals surface area contributed by atoms with Crippen LogP contribution >= 0.6 is 22.7 Å². The highest BCUT2D eigenvalue weighted by Crippen LogP contribution is 2.50. The van der Waals surface area contributed by atoms with Crippen molar-refractivity contribution in [3.05, 3.63) is 176 Å². The molecule has 1 nitrogen and oxygen atoms in total. The van der Waals surface area contributed by atoms with E-state index in [4.69, 9.17) is 0 Å². The minimum Gasteiger partial charge on any atom is -0.308 e. The van der Waals surface area contributed by atoms with Gasteiger partial charge in [-0.2, -0.15) is 0 Å². The first kappa shape index (κ1) is 28.3. The molecule has 0 unspecified atom stereocenters. The van der Waals surface area contributed by atoms with E-state index in [0.29, 0.717) is 0 Å². The average molecular weight is 660 g/mol. The molecular formula is C46H29NS2. The average Bonchev–Trinajstić information content (AvgIpc) is 3.74. The van der Waals surface area contributed by atoms with Crippen LogP contribution in [0.25, 0.3) is 73.4 Å². The minimum absolute atomic E-state index is 1.14. The third-order valence-corrected chi connectivity index (χ3v) is 12.0. The van der Waals surface area contributed by atoms with E-state index in [9.17, 15) is 0 Å². The van der Waals surface area contributed by atoms with Crippen molar-refractivity contribution >= 4 is 90.9 Å². The topological polar surface area (TPSA) is 3.24 Å². The lowest BCUT2D eigenvalue weighted by molar-refractivity contribution is 1.31. The van der Waals surface area contributed by atoms with Crippen LogP contribution in [0.4, 0.5) is 17.1 Å². The van der Waals surface area contributed by atoms with Crippen LogP contribution in [0.1, 0.15) is 0 Å². The molecule has 0 spiro atoms. The first-order chi connectivity index (χ1) is 24.3. The van der Waals surface area contributed by atoms with Crippen molar-refractivity contribution in [2.45, 2.75) is 0 Å². The van der Waals surface area contributed by atoms with Crippen LogP contribution < -0.4 is 4.90 Å². The molecule has 2 aromatic heterocycles. The van der Waals surface area contributed by atoms with Gasteiger partial charge in [0.05, 0.1) is 10.4 Å². The summed E-state index contributed by atoms with van der Waals surface area (Å²) in [5.41, 5.74) is 8.40. The maximum absolute atomic E-state index is 2.51. The zero-order valence-corrected chi connectivity index (χ0v) is 28.1. The largest absolute Gasteiger partial charge is 0.308 e. The SMILES string of the molecule is c1ccc(-c2ccc3cc(N(c4ccc5c(c4)sc4ccccc45)c4c(-c5ccccc5)ccc5c4sc4ccccc45)ccc3c2)cc1. The van der Waals surface area contributed by atoms with Gasteiger partial charge in [0.1, 0.15) is 0 Å². The second-order valence-electron chi connectivity index (χ2n) is 12.5. The molecule has 0 saturated carbocycles. The standard InChI is InChI=1S/C46H29NS2/c1-3-11-30(12-4-1)32-19-20-34-28-35(22-21-33(34)27-32)47(36-23-24-40-38-15-7-9-17-42(38)48-44(40)29-36)45-37(31-13-5-2-6-14-31)25-26-41-39-16-8-10-18-43(39)49-46(41)45/h1-29H. The van der Waals surface area contributed by atoms with E-state index in [0.717, 1.165) is 11.4 Å². The number of nitrogens with zero attached hydrogens (tertiary/aromatic N) is 1. The molecule has 0 N–H and O–H groups in total. The number of rotatable bonds is 5. The molecule has 10 rings (SSSR count). The fourth-order valence-electron chi connectivity index (χ4n) is 7.29. The molecule has 0 aliphatic carbocycles. The van der Waals surface area contributed by atoms with E-state index in [-0.39, 0.29) is 0 Å². The van der Waals surface area contributed by atoms with Gasteiger partial charge in [-0.3, -0.25) is 0 Å². The number of fused-ring (bicyclic) bond motifs is 7. The lowest BCUT2D eigenvalue weighted by Crippen LogP contribution is -2.11. The van der Waals surface area contributed by atoms with Crippen molar-refractivity contribution in [3.63, 3.8) is 0 Å². The van der Waals surface area contributed by atoms with Gasteiger partial charge in [-0.1, -0.05) is 133 Å². The molecule has 10 aromatic rings. The molecule has 0 fully saturated rings. The van der Waals surface area contributed by atoms with Crippen molar-refractivity contribution in [1.29, 1.82) is 0 Å². The second kappa shape index (κ2) is 11.5. The number of anilines is 3. The fraction of sp³-hybridized carbons (Fsp3) is 0. The number of benzene rings is 8. The van der Waals surface area contributed by atoms with Gasteiger partial charge in [0.15, 0.2) is 0 Å². The van der Waals surface area contributed by atoms with E-state index in [1.807, 2.05) is 22.7 Å². The lowest BCUT2D eigenvalue weighted by Gasteiger charge is -2.29. The summed E-state index contributed by atoms with van der Waals surface area (Å²) in [6.45, 7) is 0. The molecule has 0 aliphatic heterocycles. The molecule has 3 heteroatoms. The Morgan fingerprint density at radius 3 is 1.71 bits per heavy atom. The van der Waals surface area contributed by atoms with Gasteiger partial charge in [-0.25, -0.2) is 0 Å². The Labute approximate surface area is 292 Å². The quantitative estimate of drug-likeness (QED) is 0.178. The third kappa shape index (κ3) is 4.74. The van der Waals surface area contributed by atoms with Gasteiger partial charge in [0.2, 0.25) is 0 Å². The fourth-order valence-corrected chi connectivity index (χ4v) is 9.67. The lowest BCUT2D eigenvalue weighted by atomic mass is 9.98. The molecule has 0 aliphatic rings. The summed E-state index contributed by atoms with van der Waals surface area (Å²) in [4.78, 5) is 2.51. The molecule has 0 bridgehead atoms. The van der Waals surface area contributed by atoms with Gasteiger partial charge >= 0.3 is 0 Å². The maximum Gasteiger partial charge on any atom is 0.0718 e. The molecule has 230 valence electrons. The molecule has 49 heavy (non-hydrogen) atoms. The molecule has 0 amide bonds. The first-order valence-electron chi connectivity index (χ1n) is 16.6. The Morgan fingerprint density at radius 2 is 0.918 bits per heavy atom. The summed E-state index contributed by atoms with van der Waals surface area (Å²) >= 11 is 3.76. The predicted octanol–water partition coefficient (Wildman–Crippen LogP) is 14.4. The van der Waals surface area contributed by atoms with Crippen LogP contribution in [-0.4, -0.2) is 0 Å². The molecule has 0 radical (unpaired) electrons. The van der Waals surface area contributed by atoms with Crippen molar-refractivity contribution in [3.8, 4) is 22.3 Å². The van der Waals surface area contributed by atoms with Crippen molar-refractivity contribution in [1.82, 2.24) is 0 Å². The normalized spacial score (nSPS) is 11.7. The second-order valence-corrected chi connectivity index (χ2v) is 14.7. The number of hydrogen-bond donors (Lipinski definition) is 0. The zero-order valence-electron chi connectivity index (χ0n) is 26.5. The first-order valence-corrected chi connectivity index (χ1v) is 18.2. The molecular weight excluding hydrogens is 631 g/mol. The van der Waals surface area contributed by atoms with Crippen molar-refractivity contribution < 1.29 is 0 Å². The van der Waals surface area contributed by atoms with Crippen LogP contribution in [0.3, 0.4) is 0 Å². The van der Waals surface area contributed by atoms with E-state index in [1.165, 1.54) is 79.1 Å². The summed E-state index contributed by atoms with van der Waals surface area (Å²) in [7, 11) is 0. The summed E-state index contributed by atoms with van der Waals surface area (Å²) in [5, 5.41) is 7.66. The number of hydrogen-bond acceptors (Lipinski definition) is 3. The van der Waals surface area contributed by atoms with E-state index in [1.54, 1.807) is 0 Å². The Bertz CT molecular complexity index is 2830. The Balaban J connectivity index is 1.26. The smallest absolute Gasteiger partial charge is 0.0718 e. The Hall–Kier alpha value is -5.74. The van der Waals surface area contributed by atoms with E-state index >= 15 is 0 Å². The highest BCUT2D eigenvalue weighted by atomic mass is 32.1. The van der Waals surface area contributed by atoms with E-state index in [2.05, 4.69) is 181 Å². The van der Waals surface area contributed by atoms with Gasteiger partial charge in [-0.15, -0.1) is 22.7 Å². The monoisotopic (exact) mass is 659 g/mol. The van der Waals surface area contributed by atoms with Crippen LogP contribution in [0, 0.1) is 0 Å². The maximum atomic E-state index is 2.51. The zero-order chi connectivity index (χ0) is 32.3. The molecule has 2 heterocycles. The Kier molecular flexibility index (Phi) is 6.61. The summed E-state index contributed by atoms with van der Waals surface area (Å²) in [6, 6.07) is 64.5. The van der Waals surface area contributed by atoms with Crippen LogP contribution in [0.5, 0.6) is 0 Å². The molecule has 0 atom stereocenters. The highest BCUT2D eigenvalue weighted by Gasteiger charge is 2.23. The molecule has 8 aromatic carbocycles. The summed E-state index contributed by atoms with van der Waals surface area (Å²) in [5.74, 6) is 0.